The van der Waals surface area contributed by atoms with Crippen molar-refractivity contribution < 1.29 is 17.6 Å². The van der Waals surface area contributed by atoms with Gasteiger partial charge < -0.3 is 4.90 Å². The van der Waals surface area contributed by atoms with Crippen LogP contribution in [0.3, 0.4) is 0 Å². The fourth-order valence-corrected chi connectivity index (χ4v) is 5.72. The standard InChI is InChI=1S/C22H26FN3O3S/c1-17(22(27)26-14-11-18-5-2-3-6-21(18)26)24-12-4-13-25(16-15-24)30(28,29)20-9-7-19(23)8-10-20/h2-3,5-10,17H,4,11-16H2,1H3/t17-/m0/s1. The molecule has 0 saturated carbocycles. The summed E-state index contributed by atoms with van der Waals surface area (Å²) in [7, 11) is -3.68. The number of carbonyl (C=O) groups is 1. The lowest BCUT2D eigenvalue weighted by Gasteiger charge is -2.30. The predicted molar refractivity (Wildman–Crippen MR) is 113 cm³/mol. The Kier molecular flexibility index (Phi) is 5.90. The van der Waals surface area contributed by atoms with Crippen LogP contribution in [0.15, 0.2) is 53.4 Å². The Balaban J connectivity index is 1.44. The second kappa shape index (κ2) is 8.45. The van der Waals surface area contributed by atoms with Crippen LogP contribution in [0.4, 0.5) is 10.1 Å². The van der Waals surface area contributed by atoms with Gasteiger partial charge in [0, 0.05) is 38.4 Å². The molecule has 0 spiro atoms. The Morgan fingerprint density at radius 3 is 2.47 bits per heavy atom. The first-order valence-corrected chi connectivity index (χ1v) is 11.7. The van der Waals surface area contributed by atoms with Gasteiger partial charge in [0.1, 0.15) is 5.82 Å². The molecule has 0 aromatic heterocycles. The number of halogens is 1. The molecule has 2 aromatic carbocycles. The van der Waals surface area contributed by atoms with E-state index in [1.165, 1.54) is 22.0 Å². The lowest BCUT2D eigenvalue weighted by molar-refractivity contribution is -0.123. The van der Waals surface area contributed by atoms with Gasteiger partial charge in [-0.2, -0.15) is 4.31 Å². The number of carbonyl (C=O) groups excluding carboxylic acids is 1. The van der Waals surface area contributed by atoms with Crippen molar-refractivity contribution in [3.05, 3.63) is 59.9 Å². The van der Waals surface area contributed by atoms with E-state index in [0.29, 0.717) is 39.1 Å². The summed E-state index contributed by atoms with van der Waals surface area (Å²) < 4.78 is 40.4. The topological polar surface area (TPSA) is 60.9 Å². The molecule has 4 rings (SSSR count). The zero-order valence-electron chi connectivity index (χ0n) is 17.0. The highest BCUT2D eigenvalue weighted by molar-refractivity contribution is 7.89. The number of amides is 1. The average Bonchev–Trinajstić information content (AvgIpc) is 3.01. The minimum absolute atomic E-state index is 0.0507. The molecule has 1 amide bonds. The quantitative estimate of drug-likeness (QED) is 0.746. The molecular weight excluding hydrogens is 405 g/mol. The third-order valence-corrected chi connectivity index (χ3v) is 7.91. The highest BCUT2D eigenvalue weighted by Crippen LogP contribution is 2.28. The lowest BCUT2D eigenvalue weighted by Crippen LogP contribution is -2.48. The summed E-state index contributed by atoms with van der Waals surface area (Å²) in [6.45, 7) is 4.38. The Morgan fingerprint density at radius 1 is 0.967 bits per heavy atom. The molecule has 8 heteroatoms. The van der Waals surface area contributed by atoms with Gasteiger partial charge in [-0.05, 0) is 55.7 Å². The van der Waals surface area contributed by atoms with Crippen molar-refractivity contribution in [2.24, 2.45) is 0 Å². The van der Waals surface area contributed by atoms with E-state index in [-0.39, 0.29) is 16.8 Å². The van der Waals surface area contributed by atoms with Gasteiger partial charge in [-0.15, -0.1) is 0 Å². The van der Waals surface area contributed by atoms with E-state index in [4.69, 9.17) is 0 Å². The number of benzene rings is 2. The minimum Gasteiger partial charge on any atom is -0.310 e. The van der Waals surface area contributed by atoms with E-state index >= 15 is 0 Å². The number of hydrogen-bond donors (Lipinski definition) is 0. The second-order valence-corrected chi connectivity index (χ2v) is 9.73. The number of fused-ring (bicyclic) bond motifs is 1. The van der Waals surface area contributed by atoms with Crippen LogP contribution in [0.2, 0.25) is 0 Å². The fourth-order valence-electron chi connectivity index (χ4n) is 4.25. The van der Waals surface area contributed by atoms with Crippen LogP contribution in [-0.4, -0.2) is 62.3 Å². The second-order valence-electron chi connectivity index (χ2n) is 7.79. The fraction of sp³-hybridized carbons (Fsp3) is 0.409. The number of sulfonamides is 1. The maximum atomic E-state index is 13.2. The molecule has 1 fully saturated rings. The molecule has 0 radical (unpaired) electrons. The maximum absolute atomic E-state index is 13.2. The third-order valence-electron chi connectivity index (χ3n) is 6.00. The van der Waals surface area contributed by atoms with Crippen molar-refractivity contribution in [1.82, 2.24) is 9.21 Å². The Morgan fingerprint density at radius 2 is 1.70 bits per heavy atom. The van der Waals surface area contributed by atoms with Crippen molar-refractivity contribution in [2.45, 2.75) is 30.7 Å². The van der Waals surface area contributed by atoms with Gasteiger partial charge in [-0.25, -0.2) is 12.8 Å². The number of anilines is 1. The van der Waals surface area contributed by atoms with Crippen molar-refractivity contribution >= 4 is 21.6 Å². The summed E-state index contributed by atoms with van der Waals surface area (Å²) in [6.07, 6.45) is 1.49. The molecule has 2 aromatic rings. The summed E-state index contributed by atoms with van der Waals surface area (Å²) in [6, 6.07) is 12.5. The summed E-state index contributed by atoms with van der Waals surface area (Å²) in [4.78, 5) is 17.2. The normalized spacial score (nSPS) is 19.3. The molecule has 0 bridgehead atoms. The van der Waals surface area contributed by atoms with E-state index in [2.05, 4.69) is 11.0 Å². The summed E-state index contributed by atoms with van der Waals surface area (Å²) in [5, 5.41) is 0. The SMILES string of the molecule is C[C@@H](C(=O)N1CCc2ccccc21)N1CCCN(S(=O)(=O)c2ccc(F)cc2)CC1. The minimum atomic E-state index is -3.68. The largest absolute Gasteiger partial charge is 0.310 e. The van der Waals surface area contributed by atoms with Crippen LogP contribution in [0.1, 0.15) is 18.9 Å². The molecule has 160 valence electrons. The van der Waals surface area contributed by atoms with E-state index in [9.17, 15) is 17.6 Å². The zero-order chi connectivity index (χ0) is 21.3. The molecule has 1 saturated heterocycles. The molecular formula is C22H26FN3O3S. The van der Waals surface area contributed by atoms with Crippen molar-refractivity contribution in [3.63, 3.8) is 0 Å². The predicted octanol–water partition coefficient (Wildman–Crippen LogP) is 2.50. The number of hydrogen-bond acceptors (Lipinski definition) is 4. The van der Waals surface area contributed by atoms with Crippen LogP contribution in [0, 0.1) is 5.82 Å². The summed E-state index contributed by atoms with van der Waals surface area (Å²) >= 11 is 0. The molecule has 2 aliphatic rings. The van der Waals surface area contributed by atoms with E-state index in [1.807, 2.05) is 30.0 Å². The van der Waals surface area contributed by atoms with E-state index in [1.54, 1.807) is 0 Å². The van der Waals surface area contributed by atoms with Crippen LogP contribution in [0.5, 0.6) is 0 Å². The van der Waals surface area contributed by atoms with Gasteiger partial charge in [0.25, 0.3) is 0 Å². The Bertz CT molecular complexity index is 1030. The van der Waals surface area contributed by atoms with E-state index in [0.717, 1.165) is 24.2 Å². The van der Waals surface area contributed by atoms with Gasteiger partial charge in [0.2, 0.25) is 15.9 Å². The van der Waals surface area contributed by atoms with Gasteiger partial charge in [0.05, 0.1) is 10.9 Å². The summed E-state index contributed by atoms with van der Waals surface area (Å²) in [5.74, 6) is -0.415. The average molecular weight is 432 g/mol. The Hall–Kier alpha value is -2.29. The van der Waals surface area contributed by atoms with Crippen LogP contribution >= 0.6 is 0 Å². The third kappa shape index (κ3) is 3.99. The lowest BCUT2D eigenvalue weighted by atomic mass is 10.1. The van der Waals surface area contributed by atoms with Crippen molar-refractivity contribution in [2.75, 3.05) is 37.6 Å². The molecule has 30 heavy (non-hydrogen) atoms. The first kappa shape index (κ1) is 21.0. The summed E-state index contributed by atoms with van der Waals surface area (Å²) in [5.41, 5.74) is 2.16. The molecule has 6 nitrogen and oxygen atoms in total. The molecule has 1 atom stereocenters. The van der Waals surface area contributed by atoms with Gasteiger partial charge in [0.15, 0.2) is 0 Å². The zero-order valence-corrected chi connectivity index (χ0v) is 17.8. The van der Waals surface area contributed by atoms with Crippen LogP contribution < -0.4 is 4.90 Å². The number of nitrogens with zero attached hydrogens (tertiary/aromatic N) is 3. The molecule has 0 aliphatic carbocycles. The van der Waals surface area contributed by atoms with Crippen molar-refractivity contribution in [1.29, 1.82) is 0 Å². The maximum Gasteiger partial charge on any atom is 0.244 e. The van der Waals surface area contributed by atoms with E-state index < -0.39 is 15.8 Å². The Labute approximate surface area is 176 Å². The highest BCUT2D eigenvalue weighted by atomic mass is 32.2. The van der Waals surface area contributed by atoms with Crippen LogP contribution in [0.25, 0.3) is 0 Å². The van der Waals surface area contributed by atoms with Gasteiger partial charge in [-0.1, -0.05) is 18.2 Å². The monoisotopic (exact) mass is 431 g/mol. The van der Waals surface area contributed by atoms with Crippen molar-refractivity contribution in [3.8, 4) is 0 Å². The first-order valence-electron chi connectivity index (χ1n) is 10.3. The van der Waals surface area contributed by atoms with Crippen LogP contribution in [-0.2, 0) is 21.2 Å². The molecule has 0 N–H and O–H groups in total. The smallest absolute Gasteiger partial charge is 0.244 e. The molecule has 2 heterocycles. The number of rotatable bonds is 4. The van der Waals surface area contributed by atoms with Gasteiger partial charge in [-0.3, -0.25) is 9.69 Å². The first-order chi connectivity index (χ1) is 14.4. The highest BCUT2D eigenvalue weighted by Gasteiger charge is 2.33. The number of para-hydroxylation sites is 1. The van der Waals surface area contributed by atoms with Gasteiger partial charge >= 0.3 is 0 Å². The molecule has 2 aliphatic heterocycles. The molecule has 0 unspecified atom stereocenters.